The summed E-state index contributed by atoms with van der Waals surface area (Å²) in [7, 11) is 0. The highest BCUT2D eigenvalue weighted by molar-refractivity contribution is 6.02. The number of fused-ring (bicyclic) bond motifs is 1. The van der Waals surface area contributed by atoms with Crippen molar-refractivity contribution < 1.29 is 19.1 Å². The molecule has 0 spiro atoms. The number of hydrogen-bond donors (Lipinski definition) is 1. The molecule has 0 bridgehead atoms. The van der Waals surface area contributed by atoms with E-state index in [1.54, 1.807) is 0 Å². The fourth-order valence-electron chi connectivity index (χ4n) is 2.86. The number of anilines is 1. The van der Waals surface area contributed by atoms with E-state index in [4.69, 9.17) is 9.47 Å². The molecule has 0 atom stereocenters. The Morgan fingerprint density at radius 3 is 2.88 bits per heavy atom. The molecule has 24 heavy (non-hydrogen) atoms. The minimum absolute atomic E-state index is 0.0152. The van der Waals surface area contributed by atoms with Crippen LogP contribution >= 0.6 is 0 Å². The topological polar surface area (TPSA) is 71.1 Å². The van der Waals surface area contributed by atoms with Crippen molar-refractivity contribution >= 4 is 17.5 Å². The summed E-state index contributed by atoms with van der Waals surface area (Å²) in [6.07, 6.45) is 0. The number of benzene rings is 1. The first-order valence-corrected chi connectivity index (χ1v) is 8.24. The van der Waals surface area contributed by atoms with Crippen LogP contribution in [-0.2, 0) is 14.3 Å². The number of carbonyl (C=O) groups excluding carboxylic acids is 2. The molecule has 2 aliphatic heterocycles. The maximum absolute atomic E-state index is 12.2. The number of ether oxygens (including phenoxy) is 2. The van der Waals surface area contributed by atoms with Crippen LogP contribution in [0.4, 0.5) is 5.69 Å². The maximum Gasteiger partial charge on any atom is 0.265 e. The molecule has 0 unspecified atom stereocenters. The summed E-state index contributed by atoms with van der Waals surface area (Å²) in [5, 5.41) is 2.88. The van der Waals surface area contributed by atoms with Crippen LogP contribution in [0.1, 0.15) is 5.56 Å². The Balaban J connectivity index is 1.53. The highest BCUT2D eigenvalue weighted by atomic mass is 16.5. The van der Waals surface area contributed by atoms with E-state index < -0.39 is 0 Å². The summed E-state index contributed by atoms with van der Waals surface area (Å²) in [5.74, 6) is 0.287. The third-order valence-electron chi connectivity index (χ3n) is 4.21. The largest absolute Gasteiger partial charge is 0.482 e. The van der Waals surface area contributed by atoms with E-state index in [0.29, 0.717) is 18.0 Å². The first-order valence-electron chi connectivity index (χ1n) is 8.24. The molecule has 1 saturated heterocycles. The van der Waals surface area contributed by atoms with E-state index in [-0.39, 0.29) is 25.0 Å². The van der Waals surface area contributed by atoms with Gasteiger partial charge in [0.1, 0.15) is 12.3 Å². The average molecular weight is 333 g/mol. The van der Waals surface area contributed by atoms with Crippen LogP contribution in [0.5, 0.6) is 5.75 Å². The van der Waals surface area contributed by atoms with Crippen LogP contribution in [0.2, 0.25) is 0 Å². The first-order chi connectivity index (χ1) is 11.6. The van der Waals surface area contributed by atoms with Gasteiger partial charge in [0.2, 0.25) is 5.91 Å². The van der Waals surface area contributed by atoms with Gasteiger partial charge in [0.15, 0.2) is 6.61 Å². The molecule has 7 heteroatoms. The lowest BCUT2D eigenvalue weighted by molar-refractivity contribution is -0.125. The van der Waals surface area contributed by atoms with Gasteiger partial charge in [-0.05, 0) is 24.6 Å². The third-order valence-corrected chi connectivity index (χ3v) is 4.21. The molecule has 3 rings (SSSR count). The van der Waals surface area contributed by atoms with Crippen molar-refractivity contribution in [3.8, 4) is 5.75 Å². The molecule has 1 aromatic carbocycles. The van der Waals surface area contributed by atoms with E-state index in [2.05, 4.69) is 10.2 Å². The summed E-state index contributed by atoms with van der Waals surface area (Å²) < 4.78 is 10.7. The molecule has 0 aliphatic carbocycles. The van der Waals surface area contributed by atoms with E-state index in [1.165, 1.54) is 4.90 Å². The summed E-state index contributed by atoms with van der Waals surface area (Å²) in [5.41, 5.74) is 1.71. The number of hydrogen-bond acceptors (Lipinski definition) is 5. The molecular weight excluding hydrogens is 310 g/mol. The fourth-order valence-corrected chi connectivity index (χ4v) is 2.86. The van der Waals surface area contributed by atoms with Crippen molar-refractivity contribution in [3.05, 3.63) is 23.8 Å². The Kier molecular flexibility index (Phi) is 5.32. The number of rotatable bonds is 5. The summed E-state index contributed by atoms with van der Waals surface area (Å²) >= 11 is 0. The first kappa shape index (κ1) is 16.7. The Bertz CT molecular complexity index is 614. The summed E-state index contributed by atoms with van der Waals surface area (Å²) in [6, 6.07) is 5.61. The molecule has 0 radical (unpaired) electrons. The Hall–Kier alpha value is -2.12. The Morgan fingerprint density at radius 1 is 1.29 bits per heavy atom. The Labute approximate surface area is 141 Å². The van der Waals surface area contributed by atoms with Crippen molar-refractivity contribution in [2.45, 2.75) is 6.92 Å². The molecule has 1 aromatic rings. The molecule has 2 aliphatic rings. The molecule has 1 fully saturated rings. The second-order valence-electron chi connectivity index (χ2n) is 6.04. The van der Waals surface area contributed by atoms with Crippen LogP contribution < -0.4 is 15.0 Å². The SMILES string of the molecule is Cc1ccc2c(c1)OCC(=O)N2CC(=O)NCCN1CCOCC1. The van der Waals surface area contributed by atoms with Gasteiger partial charge in [0.05, 0.1) is 18.9 Å². The van der Waals surface area contributed by atoms with E-state index in [9.17, 15) is 9.59 Å². The van der Waals surface area contributed by atoms with Gasteiger partial charge in [-0.2, -0.15) is 0 Å². The zero-order valence-corrected chi connectivity index (χ0v) is 13.9. The van der Waals surface area contributed by atoms with E-state index in [1.807, 2.05) is 25.1 Å². The molecule has 1 N–H and O–H groups in total. The van der Waals surface area contributed by atoms with Crippen LogP contribution in [0, 0.1) is 6.92 Å². The van der Waals surface area contributed by atoms with Gasteiger partial charge >= 0.3 is 0 Å². The van der Waals surface area contributed by atoms with Crippen LogP contribution in [0.3, 0.4) is 0 Å². The van der Waals surface area contributed by atoms with Crippen molar-refractivity contribution in [2.75, 3.05) is 57.4 Å². The zero-order valence-electron chi connectivity index (χ0n) is 13.9. The number of aryl methyl sites for hydroxylation is 1. The standard InChI is InChI=1S/C17H23N3O4/c1-13-2-3-14-15(10-13)24-12-17(22)20(14)11-16(21)18-4-5-19-6-8-23-9-7-19/h2-3,10H,4-9,11-12H2,1H3,(H,18,21). The number of morpholine rings is 1. The van der Waals surface area contributed by atoms with Gasteiger partial charge in [0.25, 0.3) is 5.91 Å². The highest BCUT2D eigenvalue weighted by Crippen LogP contribution is 2.32. The molecule has 0 aromatic heterocycles. The van der Waals surface area contributed by atoms with Gasteiger partial charge in [-0.25, -0.2) is 0 Å². The second-order valence-corrected chi connectivity index (χ2v) is 6.04. The van der Waals surface area contributed by atoms with Gasteiger partial charge in [-0.3, -0.25) is 19.4 Å². The second kappa shape index (κ2) is 7.63. The summed E-state index contributed by atoms with van der Waals surface area (Å²) in [6.45, 7) is 6.58. The predicted octanol–water partition coefficient (Wildman–Crippen LogP) is 0.169. The lowest BCUT2D eigenvalue weighted by atomic mass is 10.1. The van der Waals surface area contributed by atoms with Crippen molar-refractivity contribution in [1.82, 2.24) is 10.2 Å². The van der Waals surface area contributed by atoms with E-state index >= 15 is 0 Å². The minimum Gasteiger partial charge on any atom is -0.482 e. The number of carbonyl (C=O) groups is 2. The van der Waals surface area contributed by atoms with Crippen molar-refractivity contribution in [3.63, 3.8) is 0 Å². The zero-order chi connectivity index (χ0) is 16.9. The van der Waals surface area contributed by atoms with Gasteiger partial charge in [-0.15, -0.1) is 0 Å². The molecule has 7 nitrogen and oxygen atoms in total. The van der Waals surface area contributed by atoms with Crippen molar-refractivity contribution in [2.24, 2.45) is 0 Å². The molecule has 2 heterocycles. The van der Waals surface area contributed by atoms with Crippen LogP contribution in [0.25, 0.3) is 0 Å². The number of nitrogens with one attached hydrogen (secondary N) is 1. The minimum atomic E-state index is -0.199. The molecule has 0 saturated carbocycles. The lowest BCUT2D eigenvalue weighted by Crippen LogP contribution is -2.47. The predicted molar refractivity (Wildman–Crippen MR) is 89.3 cm³/mol. The van der Waals surface area contributed by atoms with Crippen LogP contribution in [0.15, 0.2) is 18.2 Å². The Morgan fingerprint density at radius 2 is 2.08 bits per heavy atom. The van der Waals surface area contributed by atoms with Gasteiger partial charge in [-0.1, -0.05) is 6.07 Å². The van der Waals surface area contributed by atoms with Gasteiger partial charge in [0, 0.05) is 26.2 Å². The number of nitrogens with zero attached hydrogens (tertiary/aromatic N) is 2. The highest BCUT2D eigenvalue weighted by Gasteiger charge is 2.27. The number of amides is 2. The molecule has 130 valence electrons. The van der Waals surface area contributed by atoms with Crippen LogP contribution in [-0.4, -0.2) is 69.3 Å². The fraction of sp³-hybridized carbons (Fsp3) is 0.529. The van der Waals surface area contributed by atoms with Gasteiger partial charge < -0.3 is 14.8 Å². The third kappa shape index (κ3) is 4.04. The average Bonchev–Trinajstić information content (AvgIpc) is 2.58. The monoisotopic (exact) mass is 333 g/mol. The molecular formula is C17H23N3O4. The maximum atomic E-state index is 12.2. The molecule has 2 amide bonds. The normalized spacial score (nSPS) is 18.0. The smallest absolute Gasteiger partial charge is 0.265 e. The quantitative estimate of drug-likeness (QED) is 0.832. The van der Waals surface area contributed by atoms with Crippen molar-refractivity contribution in [1.29, 1.82) is 0 Å². The lowest BCUT2D eigenvalue weighted by Gasteiger charge is -2.29. The van der Waals surface area contributed by atoms with E-state index in [0.717, 1.165) is 38.4 Å². The summed E-state index contributed by atoms with van der Waals surface area (Å²) in [4.78, 5) is 28.0.